The summed E-state index contributed by atoms with van der Waals surface area (Å²) in [5, 5.41) is 1.73. The summed E-state index contributed by atoms with van der Waals surface area (Å²) < 4.78 is 1.88. The topological polar surface area (TPSA) is 25.2 Å². The number of hydrogen-bond acceptors (Lipinski definition) is 1. The summed E-state index contributed by atoms with van der Waals surface area (Å²) in [5.41, 5.74) is 0.916. The van der Waals surface area contributed by atoms with Crippen LogP contribution in [0.4, 0.5) is 0 Å². The lowest BCUT2D eigenvalue weighted by Gasteiger charge is -2.12. The first-order chi connectivity index (χ1) is 7.59. The van der Waals surface area contributed by atoms with Crippen LogP contribution in [0, 0.1) is 0 Å². The van der Waals surface area contributed by atoms with Gasteiger partial charge in [0, 0.05) is 25.7 Å². The van der Waals surface area contributed by atoms with E-state index in [4.69, 9.17) is 11.6 Å². The van der Waals surface area contributed by atoms with Crippen molar-refractivity contribution in [2.75, 3.05) is 14.1 Å². The molecule has 2 aromatic rings. The second-order valence-electron chi connectivity index (χ2n) is 3.91. The first-order valence-corrected chi connectivity index (χ1v) is 5.41. The molecule has 0 fully saturated rings. The normalized spacial score (nSPS) is 10.7. The van der Waals surface area contributed by atoms with Gasteiger partial charge in [-0.15, -0.1) is 0 Å². The van der Waals surface area contributed by atoms with Crippen molar-refractivity contribution in [1.29, 1.82) is 0 Å². The number of rotatable bonds is 2. The van der Waals surface area contributed by atoms with Crippen molar-refractivity contribution in [3.8, 4) is 0 Å². The van der Waals surface area contributed by atoms with Crippen molar-refractivity contribution in [3.05, 3.63) is 35.5 Å². The van der Waals surface area contributed by atoms with Crippen molar-refractivity contribution in [2.45, 2.75) is 6.54 Å². The van der Waals surface area contributed by atoms with E-state index in [1.54, 1.807) is 19.0 Å². The average molecular weight is 237 g/mol. The number of aromatic nitrogens is 1. The van der Waals surface area contributed by atoms with E-state index in [1.165, 1.54) is 0 Å². The minimum Gasteiger partial charge on any atom is -0.347 e. The number of para-hydroxylation sites is 1. The monoisotopic (exact) mass is 236 g/mol. The Labute approximate surface area is 99.2 Å². The molecule has 0 unspecified atom stereocenters. The van der Waals surface area contributed by atoms with E-state index in [1.807, 2.05) is 35.0 Å². The highest BCUT2D eigenvalue weighted by molar-refractivity contribution is 6.35. The summed E-state index contributed by atoms with van der Waals surface area (Å²) in [6.45, 7) is 0.320. The molecule has 84 valence electrons. The third-order valence-electron chi connectivity index (χ3n) is 2.54. The molecular formula is C12H13ClN2O. The summed E-state index contributed by atoms with van der Waals surface area (Å²) in [4.78, 5) is 13.2. The van der Waals surface area contributed by atoms with Crippen LogP contribution in [0.2, 0.25) is 5.02 Å². The SMILES string of the molecule is CN(C)C(=O)Cn1ccc2cccc(Cl)c21. The van der Waals surface area contributed by atoms with Crippen LogP contribution in [0.25, 0.3) is 10.9 Å². The molecule has 0 saturated heterocycles. The molecule has 0 spiro atoms. The van der Waals surface area contributed by atoms with Crippen LogP contribution in [0.5, 0.6) is 0 Å². The first kappa shape index (κ1) is 11.0. The van der Waals surface area contributed by atoms with Gasteiger partial charge in [0.15, 0.2) is 0 Å². The largest absolute Gasteiger partial charge is 0.347 e. The zero-order chi connectivity index (χ0) is 11.7. The molecule has 3 nitrogen and oxygen atoms in total. The van der Waals surface area contributed by atoms with Crippen molar-refractivity contribution < 1.29 is 4.79 Å². The number of benzene rings is 1. The molecule has 0 radical (unpaired) electrons. The smallest absolute Gasteiger partial charge is 0.241 e. The van der Waals surface area contributed by atoms with E-state index in [-0.39, 0.29) is 5.91 Å². The molecule has 1 aromatic heterocycles. The van der Waals surface area contributed by atoms with Crippen molar-refractivity contribution in [1.82, 2.24) is 9.47 Å². The lowest BCUT2D eigenvalue weighted by molar-refractivity contribution is -0.129. The van der Waals surface area contributed by atoms with Crippen molar-refractivity contribution >= 4 is 28.4 Å². The molecule has 4 heteroatoms. The fourth-order valence-corrected chi connectivity index (χ4v) is 1.92. The maximum atomic E-state index is 11.6. The lowest BCUT2D eigenvalue weighted by Crippen LogP contribution is -2.25. The van der Waals surface area contributed by atoms with Crippen LogP contribution in [-0.4, -0.2) is 29.5 Å². The van der Waals surface area contributed by atoms with E-state index in [0.29, 0.717) is 11.6 Å². The molecule has 1 amide bonds. The van der Waals surface area contributed by atoms with Gasteiger partial charge in [0.2, 0.25) is 5.91 Å². The molecule has 0 bridgehead atoms. The maximum absolute atomic E-state index is 11.6. The van der Waals surface area contributed by atoms with Gasteiger partial charge in [0.25, 0.3) is 0 Å². The molecule has 0 N–H and O–H groups in total. The van der Waals surface area contributed by atoms with Gasteiger partial charge in [0.1, 0.15) is 6.54 Å². The van der Waals surface area contributed by atoms with Gasteiger partial charge in [-0.3, -0.25) is 4.79 Å². The summed E-state index contributed by atoms with van der Waals surface area (Å²) in [5.74, 6) is 0.0532. The molecule has 2 rings (SSSR count). The number of amides is 1. The molecule has 1 aromatic carbocycles. The number of nitrogens with zero attached hydrogens (tertiary/aromatic N) is 2. The first-order valence-electron chi connectivity index (χ1n) is 5.03. The molecule has 0 aliphatic carbocycles. The standard InChI is InChI=1S/C12H13ClN2O/c1-14(2)11(16)8-15-7-6-9-4-3-5-10(13)12(9)15/h3-7H,8H2,1-2H3. The van der Waals surface area contributed by atoms with Gasteiger partial charge in [-0.25, -0.2) is 0 Å². The number of halogens is 1. The second kappa shape index (κ2) is 4.18. The predicted molar refractivity (Wildman–Crippen MR) is 65.6 cm³/mol. The lowest BCUT2D eigenvalue weighted by atomic mass is 10.2. The molecule has 1 heterocycles. The highest BCUT2D eigenvalue weighted by atomic mass is 35.5. The number of hydrogen-bond donors (Lipinski definition) is 0. The Morgan fingerprint density at radius 3 is 2.81 bits per heavy atom. The molecule has 0 aliphatic rings. The Hall–Kier alpha value is -1.48. The summed E-state index contributed by atoms with van der Waals surface area (Å²) in [6, 6.07) is 7.69. The van der Waals surface area contributed by atoms with Crippen LogP contribution in [0.15, 0.2) is 30.5 Å². The molecule has 0 saturated carbocycles. The van der Waals surface area contributed by atoms with Gasteiger partial charge < -0.3 is 9.47 Å². The second-order valence-corrected chi connectivity index (χ2v) is 4.32. The average Bonchev–Trinajstić information content (AvgIpc) is 2.63. The van der Waals surface area contributed by atoms with E-state index < -0.39 is 0 Å². The number of carbonyl (C=O) groups excluding carboxylic acids is 1. The van der Waals surface area contributed by atoms with Gasteiger partial charge in [-0.2, -0.15) is 0 Å². The van der Waals surface area contributed by atoms with Crippen LogP contribution in [0.3, 0.4) is 0 Å². The van der Waals surface area contributed by atoms with E-state index in [0.717, 1.165) is 10.9 Å². The van der Waals surface area contributed by atoms with Gasteiger partial charge in [0.05, 0.1) is 10.5 Å². The molecule has 0 aliphatic heterocycles. The Morgan fingerprint density at radius 2 is 2.12 bits per heavy atom. The van der Waals surface area contributed by atoms with Gasteiger partial charge in [-0.1, -0.05) is 23.7 Å². The number of carbonyl (C=O) groups is 1. The van der Waals surface area contributed by atoms with Crippen LogP contribution in [0.1, 0.15) is 0 Å². The Balaban J connectivity index is 2.42. The summed E-state index contributed by atoms with van der Waals surface area (Å²) in [7, 11) is 3.49. The molecule has 0 atom stereocenters. The highest BCUT2D eigenvalue weighted by Gasteiger charge is 2.09. The van der Waals surface area contributed by atoms with Crippen molar-refractivity contribution in [3.63, 3.8) is 0 Å². The van der Waals surface area contributed by atoms with Crippen LogP contribution in [-0.2, 0) is 11.3 Å². The fraction of sp³-hybridized carbons (Fsp3) is 0.250. The Kier molecular flexibility index (Phi) is 2.88. The van der Waals surface area contributed by atoms with Crippen LogP contribution < -0.4 is 0 Å². The fourth-order valence-electron chi connectivity index (χ4n) is 1.63. The minimum atomic E-state index is 0.0532. The zero-order valence-corrected chi connectivity index (χ0v) is 10.0. The Morgan fingerprint density at radius 1 is 1.38 bits per heavy atom. The summed E-state index contributed by atoms with van der Waals surface area (Å²) >= 11 is 6.12. The third-order valence-corrected chi connectivity index (χ3v) is 2.85. The Bertz CT molecular complexity index is 531. The van der Waals surface area contributed by atoms with Gasteiger partial charge in [-0.05, 0) is 12.1 Å². The van der Waals surface area contributed by atoms with Crippen molar-refractivity contribution in [2.24, 2.45) is 0 Å². The van der Waals surface area contributed by atoms with Gasteiger partial charge >= 0.3 is 0 Å². The third kappa shape index (κ3) is 1.91. The minimum absolute atomic E-state index is 0.0532. The zero-order valence-electron chi connectivity index (χ0n) is 9.27. The molecular weight excluding hydrogens is 224 g/mol. The maximum Gasteiger partial charge on any atom is 0.241 e. The quantitative estimate of drug-likeness (QED) is 0.786. The number of fused-ring (bicyclic) bond motifs is 1. The van der Waals surface area contributed by atoms with Crippen LogP contribution >= 0.6 is 11.6 Å². The highest BCUT2D eigenvalue weighted by Crippen LogP contribution is 2.24. The molecule has 16 heavy (non-hydrogen) atoms. The predicted octanol–water partition coefficient (Wildman–Crippen LogP) is 2.38. The summed E-state index contributed by atoms with van der Waals surface area (Å²) in [6.07, 6.45) is 1.89. The van der Waals surface area contributed by atoms with E-state index >= 15 is 0 Å². The van der Waals surface area contributed by atoms with E-state index in [9.17, 15) is 4.79 Å². The number of likely N-dealkylation sites (N-methyl/N-ethyl adjacent to an activating group) is 1. The van der Waals surface area contributed by atoms with E-state index in [2.05, 4.69) is 0 Å².